The van der Waals surface area contributed by atoms with Crippen LogP contribution in [0.25, 0.3) is 11.5 Å². The summed E-state index contributed by atoms with van der Waals surface area (Å²) in [5.41, 5.74) is 0.888. The lowest BCUT2D eigenvalue weighted by atomic mass is 10.1. The molecule has 5 nitrogen and oxygen atoms in total. The molecule has 0 aliphatic carbocycles. The quantitative estimate of drug-likeness (QED) is 0.944. The van der Waals surface area contributed by atoms with E-state index in [1.165, 1.54) is 0 Å². The Balaban J connectivity index is 1.74. The zero-order valence-corrected chi connectivity index (χ0v) is 13.0. The van der Waals surface area contributed by atoms with E-state index < -0.39 is 0 Å². The molecule has 0 amide bonds. The van der Waals surface area contributed by atoms with E-state index >= 15 is 0 Å². The first-order valence-corrected chi connectivity index (χ1v) is 7.56. The fourth-order valence-corrected chi connectivity index (χ4v) is 2.79. The van der Waals surface area contributed by atoms with Crippen molar-refractivity contribution in [3.8, 4) is 11.5 Å². The summed E-state index contributed by atoms with van der Waals surface area (Å²) in [5, 5.41) is 12.4. The third-order valence-corrected chi connectivity index (χ3v) is 4.14. The average molecular weight is 307 g/mol. The number of nitrogens with zero attached hydrogens (tertiary/aromatic N) is 3. The molecule has 0 bridgehead atoms. The SMILES string of the molecule is CC1CNCC(C)N1Cc1nnc(-c2ccc(Cl)cc2)o1. The van der Waals surface area contributed by atoms with Gasteiger partial charge in [0.1, 0.15) is 0 Å². The molecule has 2 heterocycles. The van der Waals surface area contributed by atoms with Crippen molar-refractivity contribution in [1.82, 2.24) is 20.4 Å². The lowest BCUT2D eigenvalue weighted by molar-refractivity contribution is 0.0979. The number of benzene rings is 1. The number of nitrogens with one attached hydrogen (secondary N) is 1. The molecule has 1 aromatic heterocycles. The van der Waals surface area contributed by atoms with Crippen molar-refractivity contribution in [3.05, 3.63) is 35.2 Å². The molecule has 1 fully saturated rings. The Kier molecular flexibility index (Phi) is 4.24. The van der Waals surface area contributed by atoms with Crippen molar-refractivity contribution in [2.45, 2.75) is 32.5 Å². The lowest BCUT2D eigenvalue weighted by Crippen LogP contribution is -2.54. The fraction of sp³-hybridized carbons (Fsp3) is 0.467. The molecule has 2 aromatic rings. The standard InChI is InChI=1S/C15H19ClN4O/c1-10-7-17-8-11(2)20(10)9-14-18-19-15(21-14)12-3-5-13(16)6-4-12/h3-6,10-11,17H,7-9H2,1-2H3. The van der Waals surface area contributed by atoms with Crippen LogP contribution in [0.15, 0.2) is 28.7 Å². The number of aromatic nitrogens is 2. The van der Waals surface area contributed by atoms with Gasteiger partial charge in [0.25, 0.3) is 0 Å². The Labute approximate surface area is 129 Å². The normalized spacial score (nSPS) is 23.4. The van der Waals surface area contributed by atoms with E-state index in [1.807, 2.05) is 24.3 Å². The van der Waals surface area contributed by atoms with Gasteiger partial charge in [0, 0.05) is 35.8 Å². The van der Waals surface area contributed by atoms with Gasteiger partial charge in [-0.05, 0) is 38.1 Å². The molecule has 21 heavy (non-hydrogen) atoms. The molecule has 1 N–H and O–H groups in total. The average Bonchev–Trinajstić information content (AvgIpc) is 2.92. The largest absolute Gasteiger partial charge is 0.419 e. The van der Waals surface area contributed by atoms with Gasteiger partial charge in [-0.2, -0.15) is 0 Å². The first-order chi connectivity index (χ1) is 10.1. The number of halogens is 1. The Bertz CT molecular complexity index is 588. The van der Waals surface area contributed by atoms with Gasteiger partial charge in [-0.15, -0.1) is 10.2 Å². The minimum absolute atomic E-state index is 0.458. The second-order valence-corrected chi connectivity index (χ2v) is 5.97. The van der Waals surface area contributed by atoms with Crippen LogP contribution in [0.5, 0.6) is 0 Å². The highest BCUT2D eigenvalue weighted by Gasteiger charge is 2.26. The second-order valence-electron chi connectivity index (χ2n) is 5.54. The van der Waals surface area contributed by atoms with Crippen LogP contribution in [0.1, 0.15) is 19.7 Å². The summed E-state index contributed by atoms with van der Waals surface area (Å²) >= 11 is 5.89. The molecule has 0 spiro atoms. The highest BCUT2D eigenvalue weighted by Crippen LogP contribution is 2.21. The molecule has 1 aliphatic heterocycles. The summed E-state index contributed by atoms with van der Waals surface area (Å²) in [4.78, 5) is 2.38. The Morgan fingerprint density at radius 1 is 1.19 bits per heavy atom. The van der Waals surface area contributed by atoms with Gasteiger partial charge in [0.05, 0.1) is 6.54 Å². The molecule has 112 valence electrons. The Morgan fingerprint density at radius 2 is 1.86 bits per heavy atom. The van der Waals surface area contributed by atoms with Gasteiger partial charge in [-0.1, -0.05) is 11.6 Å². The van der Waals surface area contributed by atoms with Crippen LogP contribution >= 0.6 is 11.6 Å². The third kappa shape index (κ3) is 3.26. The molecular weight excluding hydrogens is 288 g/mol. The molecule has 1 aromatic carbocycles. The van der Waals surface area contributed by atoms with E-state index in [4.69, 9.17) is 16.0 Å². The van der Waals surface area contributed by atoms with Crippen molar-refractivity contribution in [2.24, 2.45) is 0 Å². The van der Waals surface area contributed by atoms with Crippen LogP contribution in [0.3, 0.4) is 0 Å². The topological polar surface area (TPSA) is 54.2 Å². The summed E-state index contributed by atoms with van der Waals surface area (Å²) in [6.45, 7) is 7.08. The number of piperazine rings is 1. The maximum absolute atomic E-state index is 5.89. The first-order valence-electron chi connectivity index (χ1n) is 7.18. The van der Waals surface area contributed by atoms with E-state index in [0.29, 0.717) is 35.4 Å². The van der Waals surface area contributed by atoms with Gasteiger partial charge in [0.15, 0.2) is 0 Å². The van der Waals surface area contributed by atoms with Crippen molar-refractivity contribution in [3.63, 3.8) is 0 Å². The second kappa shape index (κ2) is 6.13. The van der Waals surface area contributed by atoms with Crippen LogP contribution < -0.4 is 5.32 Å². The number of hydrogen-bond donors (Lipinski definition) is 1. The van der Waals surface area contributed by atoms with Crippen molar-refractivity contribution < 1.29 is 4.42 Å². The minimum atomic E-state index is 0.458. The predicted molar refractivity (Wildman–Crippen MR) is 82.1 cm³/mol. The van der Waals surface area contributed by atoms with Gasteiger partial charge < -0.3 is 9.73 Å². The number of rotatable bonds is 3. The van der Waals surface area contributed by atoms with Gasteiger partial charge in [-0.25, -0.2) is 0 Å². The van der Waals surface area contributed by atoms with Gasteiger partial charge in [-0.3, -0.25) is 4.90 Å². The first kappa shape index (κ1) is 14.5. The molecule has 2 unspecified atom stereocenters. The predicted octanol–water partition coefficient (Wildman–Crippen LogP) is 2.57. The van der Waals surface area contributed by atoms with Crippen LogP contribution in [0.4, 0.5) is 0 Å². The van der Waals surface area contributed by atoms with Crippen molar-refractivity contribution >= 4 is 11.6 Å². The zero-order valence-electron chi connectivity index (χ0n) is 12.2. The van der Waals surface area contributed by atoms with Crippen LogP contribution in [-0.4, -0.2) is 40.3 Å². The molecule has 2 atom stereocenters. The monoisotopic (exact) mass is 306 g/mol. The smallest absolute Gasteiger partial charge is 0.247 e. The summed E-state index contributed by atoms with van der Waals surface area (Å²) in [6.07, 6.45) is 0. The highest BCUT2D eigenvalue weighted by atomic mass is 35.5. The summed E-state index contributed by atoms with van der Waals surface area (Å²) in [6, 6.07) is 8.33. The Morgan fingerprint density at radius 3 is 2.52 bits per heavy atom. The van der Waals surface area contributed by atoms with Crippen molar-refractivity contribution in [1.29, 1.82) is 0 Å². The zero-order chi connectivity index (χ0) is 14.8. The minimum Gasteiger partial charge on any atom is -0.419 e. The maximum atomic E-state index is 5.89. The molecule has 3 rings (SSSR count). The molecule has 1 aliphatic rings. The van der Waals surface area contributed by atoms with Gasteiger partial charge in [0.2, 0.25) is 11.8 Å². The molecule has 6 heteroatoms. The van der Waals surface area contributed by atoms with E-state index in [0.717, 1.165) is 18.7 Å². The molecule has 1 saturated heterocycles. The van der Waals surface area contributed by atoms with Gasteiger partial charge >= 0.3 is 0 Å². The molecule has 0 radical (unpaired) electrons. The third-order valence-electron chi connectivity index (χ3n) is 3.89. The van der Waals surface area contributed by atoms with E-state index in [9.17, 15) is 0 Å². The van der Waals surface area contributed by atoms with Crippen molar-refractivity contribution in [2.75, 3.05) is 13.1 Å². The van der Waals surface area contributed by atoms with Crippen LogP contribution in [0.2, 0.25) is 5.02 Å². The number of hydrogen-bond acceptors (Lipinski definition) is 5. The van der Waals surface area contributed by atoms with Crippen LogP contribution in [0, 0.1) is 0 Å². The van der Waals surface area contributed by atoms with E-state index in [1.54, 1.807) is 0 Å². The van der Waals surface area contributed by atoms with E-state index in [-0.39, 0.29) is 0 Å². The van der Waals surface area contributed by atoms with E-state index in [2.05, 4.69) is 34.3 Å². The summed E-state index contributed by atoms with van der Waals surface area (Å²) in [5.74, 6) is 1.19. The fourth-order valence-electron chi connectivity index (χ4n) is 2.66. The molecular formula is C15H19ClN4O. The highest BCUT2D eigenvalue weighted by molar-refractivity contribution is 6.30. The lowest BCUT2D eigenvalue weighted by Gasteiger charge is -2.38. The maximum Gasteiger partial charge on any atom is 0.247 e. The summed E-state index contributed by atoms with van der Waals surface area (Å²) in [7, 11) is 0. The Hall–Kier alpha value is -1.43. The van der Waals surface area contributed by atoms with Crippen LogP contribution in [-0.2, 0) is 6.54 Å². The summed E-state index contributed by atoms with van der Waals surface area (Å²) < 4.78 is 5.78. The molecule has 0 saturated carbocycles.